The van der Waals surface area contributed by atoms with Crippen LogP contribution < -0.4 is 14.8 Å². The van der Waals surface area contributed by atoms with E-state index in [1.54, 1.807) is 24.3 Å². The van der Waals surface area contributed by atoms with Gasteiger partial charge in [0, 0.05) is 5.69 Å². The molecule has 1 heterocycles. The molecule has 0 aliphatic carbocycles. The first kappa shape index (κ1) is 16.2. The minimum atomic E-state index is -4.48. The van der Waals surface area contributed by atoms with E-state index in [4.69, 9.17) is 9.47 Å². The molecule has 4 nitrogen and oxygen atoms in total. The lowest BCUT2D eigenvalue weighted by Gasteiger charge is -2.25. The average molecular weight is 337 g/mol. The fourth-order valence-corrected chi connectivity index (χ4v) is 2.38. The number of alkyl halides is 3. The third-order valence-electron chi connectivity index (χ3n) is 3.61. The molecule has 0 aromatic heterocycles. The van der Waals surface area contributed by atoms with Crippen molar-refractivity contribution in [3.63, 3.8) is 0 Å². The number of carbonyl (C=O) groups is 1. The van der Waals surface area contributed by atoms with Crippen molar-refractivity contribution in [3.05, 3.63) is 53.6 Å². The number of aryl methyl sites for hydroxylation is 1. The van der Waals surface area contributed by atoms with Crippen molar-refractivity contribution in [2.75, 3.05) is 11.9 Å². The molecule has 0 bridgehead atoms. The lowest BCUT2D eigenvalue weighted by molar-refractivity contribution is -0.138. The second-order valence-corrected chi connectivity index (χ2v) is 5.38. The van der Waals surface area contributed by atoms with Crippen molar-refractivity contribution in [1.82, 2.24) is 0 Å². The van der Waals surface area contributed by atoms with Gasteiger partial charge in [-0.25, -0.2) is 0 Å². The lowest BCUT2D eigenvalue weighted by Crippen LogP contribution is -2.40. The zero-order valence-electron chi connectivity index (χ0n) is 12.7. The van der Waals surface area contributed by atoms with Gasteiger partial charge in [-0.3, -0.25) is 4.79 Å². The fourth-order valence-electron chi connectivity index (χ4n) is 2.38. The number of carbonyl (C=O) groups excluding carboxylic acids is 1. The maximum Gasteiger partial charge on any atom is 0.416 e. The Kier molecular flexibility index (Phi) is 4.09. The van der Waals surface area contributed by atoms with Crippen LogP contribution >= 0.6 is 0 Å². The zero-order valence-corrected chi connectivity index (χ0v) is 12.7. The molecule has 1 amide bonds. The number of amides is 1. The molecule has 126 valence electrons. The van der Waals surface area contributed by atoms with Crippen LogP contribution in [0.1, 0.15) is 11.1 Å². The van der Waals surface area contributed by atoms with Crippen LogP contribution in [0.25, 0.3) is 0 Å². The normalized spacial score (nSPS) is 16.6. The Bertz CT molecular complexity index is 774. The lowest BCUT2D eigenvalue weighted by atomic mass is 10.1. The summed E-state index contributed by atoms with van der Waals surface area (Å²) in [7, 11) is 0. The summed E-state index contributed by atoms with van der Waals surface area (Å²) in [6.07, 6.45) is -5.41. The monoisotopic (exact) mass is 337 g/mol. The molecular weight excluding hydrogens is 323 g/mol. The van der Waals surface area contributed by atoms with Crippen LogP contribution in [0.4, 0.5) is 18.9 Å². The molecule has 0 fully saturated rings. The van der Waals surface area contributed by atoms with E-state index in [-0.39, 0.29) is 17.9 Å². The van der Waals surface area contributed by atoms with Gasteiger partial charge in [0.2, 0.25) is 6.10 Å². The van der Waals surface area contributed by atoms with Crippen molar-refractivity contribution in [1.29, 1.82) is 0 Å². The van der Waals surface area contributed by atoms with Crippen LogP contribution in [0.15, 0.2) is 42.5 Å². The third-order valence-corrected chi connectivity index (χ3v) is 3.61. The van der Waals surface area contributed by atoms with Crippen LogP contribution in [0.5, 0.6) is 11.5 Å². The summed E-state index contributed by atoms with van der Waals surface area (Å²) in [4.78, 5) is 12.2. The minimum Gasteiger partial charge on any atom is -0.485 e. The van der Waals surface area contributed by atoms with Gasteiger partial charge >= 0.3 is 6.18 Å². The van der Waals surface area contributed by atoms with E-state index >= 15 is 0 Å². The molecule has 7 heteroatoms. The maximum absolute atomic E-state index is 12.9. The summed E-state index contributed by atoms with van der Waals surface area (Å²) >= 11 is 0. The Morgan fingerprint density at radius 2 is 1.88 bits per heavy atom. The van der Waals surface area contributed by atoms with Gasteiger partial charge in [-0.15, -0.1) is 0 Å². The molecule has 3 rings (SSSR count). The Morgan fingerprint density at radius 3 is 2.58 bits per heavy atom. The smallest absolute Gasteiger partial charge is 0.416 e. The van der Waals surface area contributed by atoms with Crippen molar-refractivity contribution in [2.24, 2.45) is 0 Å². The van der Waals surface area contributed by atoms with Crippen LogP contribution in [-0.2, 0) is 11.0 Å². The van der Waals surface area contributed by atoms with Crippen molar-refractivity contribution < 1.29 is 27.4 Å². The second-order valence-electron chi connectivity index (χ2n) is 5.38. The minimum absolute atomic E-state index is 0.0131. The number of hydrogen-bond donors (Lipinski definition) is 1. The topological polar surface area (TPSA) is 47.6 Å². The molecule has 1 aliphatic heterocycles. The average Bonchev–Trinajstić information content (AvgIpc) is 2.55. The van der Waals surface area contributed by atoms with Gasteiger partial charge in [-0.2, -0.15) is 13.2 Å². The van der Waals surface area contributed by atoms with Crippen molar-refractivity contribution in [3.8, 4) is 11.5 Å². The highest BCUT2D eigenvalue weighted by Crippen LogP contribution is 2.34. The summed E-state index contributed by atoms with van der Waals surface area (Å²) in [5.41, 5.74) is -0.640. The molecule has 1 aliphatic rings. The van der Waals surface area contributed by atoms with Crippen molar-refractivity contribution >= 4 is 11.6 Å². The molecule has 2 aromatic rings. The molecular formula is C17H14F3NO3. The molecule has 1 N–H and O–H groups in total. The summed E-state index contributed by atoms with van der Waals surface area (Å²) in [5, 5.41) is 2.44. The maximum atomic E-state index is 12.9. The number of anilines is 1. The third kappa shape index (κ3) is 3.29. The zero-order chi connectivity index (χ0) is 17.3. The standard InChI is InChI=1S/C17H14F3NO3/c1-10-6-7-11(8-12(10)17(18,19)20)21-16(22)15-9-23-13-4-2-3-5-14(13)24-15/h2-8,15H,9H2,1H3,(H,21,22). The summed E-state index contributed by atoms with van der Waals surface area (Å²) in [6, 6.07) is 10.5. The quantitative estimate of drug-likeness (QED) is 0.907. The first-order valence-electron chi connectivity index (χ1n) is 7.22. The molecule has 24 heavy (non-hydrogen) atoms. The van der Waals surface area contributed by atoms with E-state index in [9.17, 15) is 18.0 Å². The Labute approximate surface area is 136 Å². The summed E-state index contributed by atoms with van der Waals surface area (Å²) in [6.45, 7) is 1.35. The first-order valence-corrected chi connectivity index (χ1v) is 7.22. The molecule has 0 radical (unpaired) electrons. The van der Waals surface area contributed by atoms with Crippen LogP contribution in [0, 0.1) is 6.92 Å². The van der Waals surface area contributed by atoms with Gasteiger partial charge in [0.05, 0.1) is 5.56 Å². The number of rotatable bonds is 2. The highest BCUT2D eigenvalue weighted by Gasteiger charge is 2.33. The Morgan fingerprint density at radius 1 is 1.17 bits per heavy atom. The van der Waals surface area contributed by atoms with E-state index < -0.39 is 23.8 Å². The van der Waals surface area contributed by atoms with E-state index in [0.717, 1.165) is 6.07 Å². The van der Waals surface area contributed by atoms with E-state index in [2.05, 4.69) is 5.32 Å². The number of para-hydroxylation sites is 2. The van der Waals surface area contributed by atoms with Crippen molar-refractivity contribution in [2.45, 2.75) is 19.2 Å². The number of nitrogens with one attached hydrogen (secondary N) is 1. The number of benzene rings is 2. The van der Waals surface area contributed by atoms with Gasteiger partial charge in [0.15, 0.2) is 11.5 Å². The van der Waals surface area contributed by atoms with Crippen LogP contribution in [0.2, 0.25) is 0 Å². The molecule has 2 aromatic carbocycles. The molecule has 0 saturated carbocycles. The van der Waals surface area contributed by atoms with E-state index in [0.29, 0.717) is 11.5 Å². The van der Waals surface area contributed by atoms with Gasteiger partial charge in [0.1, 0.15) is 6.61 Å². The van der Waals surface area contributed by atoms with Crippen LogP contribution in [0.3, 0.4) is 0 Å². The Balaban J connectivity index is 1.74. The van der Waals surface area contributed by atoms with E-state index in [1.165, 1.54) is 19.1 Å². The van der Waals surface area contributed by atoms with Crippen LogP contribution in [-0.4, -0.2) is 18.6 Å². The Hall–Kier alpha value is -2.70. The number of hydrogen-bond acceptors (Lipinski definition) is 3. The number of fused-ring (bicyclic) bond motifs is 1. The molecule has 0 spiro atoms. The highest BCUT2D eigenvalue weighted by atomic mass is 19.4. The number of halogens is 3. The van der Waals surface area contributed by atoms with E-state index in [1.807, 2.05) is 0 Å². The first-order chi connectivity index (χ1) is 11.3. The predicted octanol–water partition coefficient (Wildman–Crippen LogP) is 3.79. The molecule has 1 unspecified atom stereocenters. The van der Waals surface area contributed by atoms with Gasteiger partial charge in [-0.05, 0) is 36.8 Å². The van der Waals surface area contributed by atoms with Gasteiger partial charge < -0.3 is 14.8 Å². The predicted molar refractivity (Wildman–Crippen MR) is 81.2 cm³/mol. The van der Waals surface area contributed by atoms with Gasteiger partial charge in [-0.1, -0.05) is 18.2 Å². The summed E-state index contributed by atoms with van der Waals surface area (Å²) in [5.74, 6) is 0.376. The van der Waals surface area contributed by atoms with Gasteiger partial charge in [0.25, 0.3) is 5.91 Å². The summed E-state index contributed by atoms with van der Waals surface area (Å²) < 4.78 is 49.7. The molecule has 1 atom stereocenters. The fraction of sp³-hybridized carbons (Fsp3) is 0.235. The highest BCUT2D eigenvalue weighted by molar-refractivity contribution is 5.94. The SMILES string of the molecule is Cc1ccc(NC(=O)C2COc3ccccc3O2)cc1C(F)(F)F. The molecule has 0 saturated heterocycles. The number of ether oxygens (including phenoxy) is 2. The second kappa shape index (κ2) is 6.07. The largest absolute Gasteiger partial charge is 0.485 e.